The molecule has 0 amide bonds. The van der Waals surface area contributed by atoms with E-state index in [2.05, 4.69) is 16.6 Å². The van der Waals surface area contributed by atoms with Gasteiger partial charge in [0.05, 0.1) is 10.4 Å². The van der Waals surface area contributed by atoms with E-state index in [0.717, 1.165) is 18.2 Å². The quantitative estimate of drug-likeness (QED) is 0.877. The van der Waals surface area contributed by atoms with Gasteiger partial charge in [-0.05, 0) is 48.6 Å². The standard InChI is InChI=1S/C15H17ClN2O2S/c1-15(7-2-8-15)10-17-21(19,20)12-4-5-13-11(9-12)3-6-14(16)18-13/h3-6,9,17H,2,7-8,10H2,1H3. The molecule has 1 saturated carbocycles. The minimum Gasteiger partial charge on any atom is -0.236 e. The average Bonchev–Trinajstić information content (AvgIpc) is 2.42. The molecule has 1 heterocycles. The zero-order valence-electron chi connectivity index (χ0n) is 11.8. The van der Waals surface area contributed by atoms with Crippen molar-refractivity contribution in [3.63, 3.8) is 0 Å². The topological polar surface area (TPSA) is 59.1 Å². The summed E-state index contributed by atoms with van der Waals surface area (Å²) in [6, 6.07) is 8.31. The SMILES string of the molecule is CC1(CNS(=O)(=O)c2ccc3nc(Cl)ccc3c2)CCC1. The second-order valence-corrected chi connectivity index (χ2v) is 8.13. The van der Waals surface area contributed by atoms with E-state index in [-0.39, 0.29) is 10.3 Å². The summed E-state index contributed by atoms with van der Waals surface area (Å²) < 4.78 is 27.5. The molecule has 3 rings (SSSR count). The second-order valence-electron chi connectivity index (χ2n) is 5.98. The van der Waals surface area contributed by atoms with Crippen LogP contribution in [0.25, 0.3) is 10.9 Å². The van der Waals surface area contributed by atoms with Gasteiger partial charge in [-0.3, -0.25) is 0 Å². The minimum atomic E-state index is -3.48. The van der Waals surface area contributed by atoms with Crippen LogP contribution in [0, 0.1) is 5.41 Å². The van der Waals surface area contributed by atoms with Crippen molar-refractivity contribution in [2.24, 2.45) is 5.41 Å². The van der Waals surface area contributed by atoms with Gasteiger partial charge in [-0.1, -0.05) is 24.9 Å². The molecule has 1 N–H and O–H groups in total. The highest BCUT2D eigenvalue weighted by Gasteiger charge is 2.33. The lowest BCUT2D eigenvalue weighted by atomic mass is 9.71. The number of pyridine rings is 1. The molecular weight excluding hydrogens is 308 g/mol. The Hall–Kier alpha value is -1.17. The molecular formula is C15H17ClN2O2S. The van der Waals surface area contributed by atoms with E-state index in [1.807, 2.05) is 0 Å². The predicted octanol–water partition coefficient (Wildman–Crippen LogP) is 3.36. The first-order chi connectivity index (χ1) is 9.88. The van der Waals surface area contributed by atoms with Crippen molar-refractivity contribution in [2.45, 2.75) is 31.1 Å². The van der Waals surface area contributed by atoms with Crippen molar-refractivity contribution in [1.29, 1.82) is 0 Å². The molecule has 0 saturated heterocycles. The lowest BCUT2D eigenvalue weighted by molar-refractivity contribution is 0.166. The van der Waals surface area contributed by atoms with Crippen LogP contribution in [0.2, 0.25) is 5.15 Å². The van der Waals surface area contributed by atoms with Gasteiger partial charge >= 0.3 is 0 Å². The van der Waals surface area contributed by atoms with Crippen LogP contribution in [-0.4, -0.2) is 19.9 Å². The van der Waals surface area contributed by atoms with Gasteiger partial charge in [0.15, 0.2) is 0 Å². The highest BCUT2D eigenvalue weighted by Crippen LogP contribution is 2.39. The summed E-state index contributed by atoms with van der Waals surface area (Å²) in [6.07, 6.45) is 3.34. The van der Waals surface area contributed by atoms with Gasteiger partial charge in [-0.25, -0.2) is 18.1 Å². The van der Waals surface area contributed by atoms with Gasteiger partial charge in [-0.2, -0.15) is 0 Å². The second kappa shape index (κ2) is 5.23. The first kappa shape index (κ1) is 14.8. The van der Waals surface area contributed by atoms with Crippen LogP contribution in [0.3, 0.4) is 0 Å². The summed E-state index contributed by atoms with van der Waals surface area (Å²) >= 11 is 5.83. The Kier molecular flexibility index (Phi) is 3.67. The van der Waals surface area contributed by atoms with Crippen LogP contribution in [0.15, 0.2) is 35.2 Å². The van der Waals surface area contributed by atoms with Crippen molar-refractivity contribution >= 4 is 32.5 Å². The van der Waals surface area contributed by atoms with Crippen LogP contribution >= 0.6 is 11.6 Å². The minimum absolute atomic E-state index is 0.110. The van der Waals surface area contributed by atoms with Crippen LogP contribution in [0.4, 0.5) is 0 Å². The molecule has 1 aliphatic carbocycles. The maximum Gasteiger partial charge on any atom is 0.240 e. The van der Waals surface area contributed by atoms with Gasteiger partial charge in [0.25, 0.3) is 0 Å². The molecule has 112 valence electrons. The normalized spacial score (nSPS) is 17.6. The zero-order valence-corrected chi connectivity index (χ0v) is 13.3. The number of sulfonamides is 1. The number of hydrogen-bond donors (Lipinski definition) is 1. The third-order valence-corrected chi connectivity index (χ3v) is 5.80. The smallest absolute Gasteiger partial charge is 0.236 e. The van der Waals surface area contributed by atoms with Crippen molar-refractivity contribution in [3.05, 3.63) is 35.5 Å². The molecule has 0 atom stereocenters. The number of hydrogen-bond acceptors (Lipinski definition) is 3. The Morgan fingerprint density at radius 3 is 2.71 bits per heavy atom. The molecule has 1 aromatic carbocycles. The summed E-state index contributed by atoms with van der Waals surface area (Å²) in [5, 5.41) is 1.16. The first-order valence-electron chi connectivity index (χ1n) is 6.94. The van der Waals surface area contributed by atoms with Gasteiger partial charge in [0.1, 0.15) is 5.15 Å². The number of nitrogens with zero attached hydrogens (tertiary/aromatic N) is 1. The van der Waals surface area contributed by atoms with Crippen molar-refractivity contribution < 1.29 is 8.42 Å². The van der Waals surface area contributed by atoms with E-state index < -0.39 is 10.0 Å². The molecule has 1 fully saturated rings. The Morgan fingerprint density at radius 2 is 2.05 bits per heavy atom. The van der Waals surface area contributed by atoms with E-state index >= 15 is 0 Å². The average molecular weight is 325 g/mol. The third kappa shape index (κ3) is 3.05. The van der Waals surface area contributed by atoms with Crippen molar-refractivity contribution in [2.75, 3.05) is 6.54 Å². The summed E-state index contributed by atoms with van der Waals surface area (Å²) in [5.74, 6) is 0. The molecule has 2 aromatic rings. The van der Waals surface area contributed by atoms with Gasteiger partial charge in [0.2, 0.25) is 10.0 Å². The number of benzene rings is 1. The predicted molar refractivity (Wildman–Crippen MR) is 83.9 cm³/mol. The highest BCUT2D eigenvalue weighted by atomic mass is 35.5. The number of aromatic nitrogens is 1. The monoisotopic (exact) mass is 324 g/mol. The first-order valence-corrected chi connectivity index (χ1v) is 8.80. The maximum atomic E-state index is 12.4. The van der Waals surface area contributed by atoms with Crippen molar-refractivity contribution in [3.8, 4) is 0 Å². The zero-order chi connectivity index (χ0) is 15.1. The largest absolute Gasteiger partial charge is 0.240 e. The fraction of sp³-hybridized carbons (Fsp3) is 0.400. The summed E-state index contributed by atoms with van der Waals surface area (Å²) in [5.41, 5.74) is 0.798. The lowest BCUT2D eigenvalue weighted by Gasteiger charge is -2.38. The fourth-order valence-corrected chi connectivity index (χ4v) is 3.94. The van der Waals surface area contributed by atoms with Crippen LogP contribution < -0.4 is 4.72 Å². The maximum absolute atomic E-state index is 12.4. The summed E-state index contributed by atoms with van der Waals surface area (Å²) in [4.78, 5) is 4.42. The highest BCUT2D eigenvalue weighted by molar-refractivity contribution is 7.89. The van der Waals surface area contributed by atoms with Gasteiger partial charge in [-0.15, -0.1) is 0 Å². The van der Waals surface area contributed by atoms with Crippen LogP contribution in [0.5, 0.6) is 0 Å². The molecule has 0 aliphatic heterocycles. The molecule has 0 spiro atoms. The van der Waals surface area contributed by atoms with E-state index in [4.69, 9.17) is 11.6 Å². The molecule has 1 aliphatic rings. The van der Waals surface area contributed by atoms with E-state index in [1.54, 1.807) is 30.3 Å². The molecule has 0 radical (unpaired) electrons. The Morgan fingerprint density at radius 1 is 1.29 bits per heavy atom. The molecule has 6 heteroatoms. The molecule has 21 heavy (non-hydrogen) atoms. The molecule has 0 unspecified atom stereocenters. The fourth-order valence-electron chi connectivity index (χ4n) is 2.56. The lowest BCUT2D eigenvalue weighted by Crippen LogP contribution is -2.39. The van der Waals surface area contributed by atoms with Gasteiger partial charge < -0.3 is 0 Å². The Bertz CT molecular complexity index is 785. The Balaban J connectivity index is 1.86. The van der Waals surface area contributed by atoms with Crippen LogP contribution in [0.1, 0.15) is 26.2 Å². The summed E-state index contributed by atoms with van der Waals surface area (Å²) in [7, 11) is -3.48. The van der Waals surface area contributed by atoms with Crippen LogP contribution in [-0.2, 0) is 10.0 Å². The number of nitrogens with one attached hydrogen (secondary N) is 1. The third-order valence-electron chi connectivity index (χ3n) is 4.19. The number of rotatable bonds is 4. The van der Waals surface area contributed by atoms with Gasteiger partial charge in [0, 0.05) is 11.9 Å². The van der Waals surface area contributed by atoms with E-state index in [0.29, 0.717) is 17.2 Å². The molecule has 1 aromatic heterocycles. The van der Waals surface area contributed by atoms with Crippen molar-refractivity contribution in [1.82, 2.24) is 9.71 Å². The van der Waals surface area contributed by atoms with E-state index in [1.165, 1.54) is 6.42 Å². The number of fused-ring (bicyclic) bond motifs is 1. The Labute approximate surface area is 129 Å². The molecule has 4 nitrogen and oxygen atoms in total. The van der Waals surface area contributed by atoms with E-state index in [9.17, 15) is 8.42 Å². The number of halogens is 1. The summed E-state index contributed by atoms with van der Waals surface area (Å²) in [6.45, 7) is 2.61. The molecule has 0 bridgehead atoms.